The van der Waals surface area contributed by atoms with Gasteiger partial charge >= 0.3 is 0 Å². The number of hydrogen-bond acceptors (Lipinski definition) is 3. The lowest BCUT2D eigenvalue weighted by molar-refractivity contribution is 0.158. The molecule has 0 radical (unpaired) electrons. The number of aromatic nitrogens is 1. The molecule has 0 saturated carbocycles. The Bertz CT molecular complexity index is 265. The van der Waals surface area contributed by atoms with E-state index >= 15 is 0 Å². The molecule has 1 aliphatic rings. The molecule has 3 heteroatoms. The predicted octanol–water partition coefficient (Wildman–Crippen LogP) is 1.40. The normalized spacial score (nSPS) is 19.8. The first kappa shape index (κ1) is 9.62. The van der Waals surface area contributed by atoms with E-state index in [1.165, 1.54) is 18.5 Å². The molecular formula is C11H17N3. The number of hydrogen-bond donors (Lipinski definition) is 1. The van der Waals surface area contributed by atoms with Crippen molar-refractivity contribution in [3.05, 3.63) is 30.1 Å². The van der Waals surface area contributed by atoms with Crippen LogP contribution in [-0.2, 0) is 0 Å². The number of hydrazine groups is 1. The molecule has 1 aliphatic heterocycles. The summed E-state index contributed by atoms with van der Waals surface area (Å²) < 4.78 is 0. The Morgan fingerprint density at radius 2 is 2.14 bits per heavy atom. The summed E-state index contributed by atoms with van der Waals surface area (Å²) >= 11 is 0. The molecule has 0 amide bonds. The molecule has 3 nitrogen and oxygen atoms in total. The molecule has 1 fully saturated rings. The van der Waals surface area contributed by atoms with E-state index in [-0.39, 0.29) is 0 Å². The van der Waals surface area contributed by atoms with Crippen LogP contribution in [0.25, 0.3) is 0 Å². The highest BCUT2D eigenvalue weighted by Gasteiger charge is 2.19. The molecule has 1 aromatic rings. The Morgan fingerprint density at radius 1 is 1.36 bits per heavy atom. The summed E-state index contributed by atoms with van der Waals surface area (Å²) in [6.45, 7) is 2.25. The zero-order valence-electron chi connectivity index (χ0n) is 8.61. The number of pyridine rings is 1. The van der Waals surface area contributed by atoms with E-state index < -0.39 is 0 Å². The van der Waals surface area contributed by atoms with Gasteiger partial charge in [0, 0.05) is 30.9 Å². The van der Waals surface area contributed by atoms with Gasteiger partial charge in [0.1, 0.15) is 0 Å². The Kier molecular flexibility index (Phi) is 3.11. The fraction of sp³-hybridized carbons (Fsp3) is 0.545. The minimum absolute atomic E-state index is 0.654. The molecule has 0 unspecified atom stereocenters. The van der Waals surface area contributed by atoms with Gasteiger partial charge in [-0.2, -0.15) is 0 Å². The molecule has 14 heavy (non-hydrogen) atoms. The minimum Gasteiger partial charge on any atom is -0.261 e. The number of piperidine rings is 1. The van der Waals surface area contributed by atoms with E-state index in [1.54, 1.807) is 0 Å². The van der Waals surface area contributed by atoms with E-state index in [9.17, 15) is 0 Å². The van der Waals surface area contributed by atoms with Gasteiger partial charge in [-0.15, -0.1) is 0 Å². The molecule has 2 rings (SSSR count). The van der Waals surface area contributed by atoms with Gasteiger partial charge < -0.3 is 0 Å². The van der Waals surface area contributed by atoms with E-state index in [4.69, 9.17) is 0 Å². The van der Waals surface area contributed by atoms with Gasteiger partial charge in [0.15, 0.2) is 0 Å². The number of rotatable bonds is 2. The lowest BCUT2D eigenvalue weighted by Gasteiger charge is -2.30. The van der Waals surface area contributed by atoms with Crippen LogP contribution in [0.1, 0.15) is 24.5 Å². The van der Waals surface area contributed by atoms with Crippen molar-refractivity contribution in [1.29, 1.82) is 0 Å². The van der Waals surface area contributed by atoms with Gasteiger partial charge in [-0.3, -0.25) is 10.4 Å². The molecule has 76 valence electrons. The second-order valence-corrected chi connectivity index (χ2v) is 3.74. The third-order valence-electron chi connectivity index (χ3n) is 2.92. The van der Waals surface area contributed by atoms with Gasteiger partial charge in [0.25, 0.3) is 0 Å². The first-order chi connectivity index (χ1) is 6.90. The maximum Gasteiger partial charge on any atom is 0.0435 e. The predicted molar refractivity (Wildman–Crippen MR) is 56.8 cm³/mol. The number of nitrogens with one attached hydrogen (secondary N) is 1. The van der Waals surface area contributed by atoms with Crippen molar-refractivity contribution >= 4 is 0 Å². The van der Waals surface area contributed by atoms with Crippen molar-refractivity contribution in [2.45, 2.75) is 18.8 Å². The summed E-state index contributed by atoms with van der Waals surface area (Å²) in [5.41, 5.74) is 4.44. The summed E-state index contributed by atoms with van der Waals surface area (Å²) in [6, 6.07) is 6.19. The zero-order valence-corrected chi connectivity index (χ0v) is 8.61. The monoisotopic (exact) mass is 191 g/mol. The first-order valence-corrected chi connectivity index (χ1v) is 5.23. The van der Waals surface area contributed by atoms with Crippen LogP contribution >= 0.6 is 0 Å². The fourth-order valence-corrected chi connectivity index (χ4v) is 2.02. The maximum atomic E-state index is 4.41. The van der Waals surface area contributed by atoms with Crippen molar-refractivity contribution in [3.8, 4) is 0 Å². The van der Waals surface area contributed by atoms with Gasteiger partial charge in [-0.25, -0.2) is 5.01 Å². The molecule has 1 saturated heterocycles. The highest BCUT2D eigenvalue weighted by molar-refractivity contribution is 5.10. The standard InChI is InChI=1S/C11H17N3/c1-12-14-8-5-10(6-9-14)11-4-2-3-7-13-11/h2-4,7,10,12H,5-6,8-9H2,1H3. The quantitative estimate of drug-likeness (QED) is 0.765. The third kappa shape index (κ3) is 2.11. The molecule has 0 atom stereocenters. The van der Waals surface area contributed by atoms with E-state index in [1.807, 2.05) is 19.3 Å². The third-order valence-corrected chi connectivity index (χ3v) is 2.92. The summed E-state index contributed by atoms with van der Waals surface area (Å²) in [7, 11) is 1.99. The Labute approximate surface area is 85.1 Å². The fourth-order valence-electron chi connectivity index (χ4n) is 2.02. The Morgan fingerprint density at radius 3 is 2.71 bits per heavy atom. The Balaban J connectivity index is 1.96. The van der Waals surface area contributed by atoms with Crippen molar-refractivity contribution in [2.24, 2.45) is 0 Å². The molecule has 0 bridgehead atoms. The van der Waals surface area contributed by atoms with Crippen LogP contribution in [0.15, 0.2) is 24.4 Å². The van der Waals surface area contributed by atoms with E-state index in [0.717, 1.165) is 13.1 Å². The topological polar surface area (TPSA) is 28.2 Å². The van der Waals surface area contributed by atoms with Crippen molar-refractivity contribution < 1.29 is 0 Å². The van der Waals surface area contributed by atoms with Gasteiger partial charge in [-0.1, -0.05) is 6.07 Å². The van der Waals surface area contributed by atoms with Crippen LogP contribution in [0.5, 0.6) is 0 Å². The first-order valence-electron chi connectivity index (χ1n) is 5.23. The van der Waals surface area contributed by atoms with Gasteiger partial charge in [-0.05, 0) is 32.0 Å². The van der Waals surface area contributed by atoms with Crippen molar-refractivity contribution in [3.63, 3.8) is 0 Å². The van der Waals surface area contributed by atoms with Crippen LogP contribution in [0.3, 0.4) is 0 Å². The molecule has 0 spiro atoms. The second kappa shape index (κ2) is 4.53. The minimum atomic E-state index is 0.654. The molecule has 0 aromatic carbocycles. The van der Waals surface area contributed by atoms with Crippen molar-refractivity contribution in [2.75, 3.05) is 20.1 Å². The highest BCUT2D eigenvalue weighted by atomic mass is 15.5. The molecule has 0 aliphatic carbocycles. The summed E-state index contributed by atoms with van der Waals surface area (Å²) in [5.74, 6) is 0.654. The van der Waals surface area contributed by atoms with Crippen LogP contribution < -0.4 is 5.43 Å². The van der Waals surface area contributed by atoms with Crippen LogP contribution in [0, 0.1) is 0 Å². The summed E-state index contributed by atoms with van der Waals surface area (Å²) in [5, 5.41) is 2.26. The largest absolute Gasteiger partial charge is 0.261 e. The lowest BCUT2D eigenvalue weighted by atomic mass is 9.94. The van der Waals surface area contributed by atoms with Crippen LogP contribution in [-0.4, -0.2) is 30.1 Å². The molecule has 1 N–H and O–H groups in total. The zero-order chi connectivity index (χ0) is 9.80. The lowest BCUT2D eigenvalue weighted by Crippen LogP contribution is -2.41. The van der Waals surface area contributed by atoms with E-state index in [0.29, 0.717) is 5.92 Å². The molecule has 2 heterocycles. The summed E-state index contributed by atoms with van der Waals surface area (Å²) in [4.78, 5) is 4.41. The number of nitrogens with zero attached hydrogens (tertiary/aromatic N) is 2. The summed E-state index contributed by atoms with van der Waals surface area (Å²) in [6.07, 6.45) is 4.30. The van der Waals surface area contributed by atoms with Crippen LogP contribution in [0.2, 0.25) is 0 Å². The van der Waals surface area contributed by atoms with E-state index in [2.05, 4.69) is 27.6 Å². The Hall–Kier alpha value is -0.930. The SMILES string of the molecule is CNN1CCC(c2ccccn2)CC1. The second-order valence-electron chi connectivity index (χ2n) is 3.74. The smallest absolute Gasteiger partial charge is 0.0435 e. The van der Waals surface area contributed by atoms with Crippen molar-refractivity contribution in [1.82, 2.24) is 15.4 Å². The van der Waals surface area contributed by atoms with Crippen LogP contribution in [0.4, 0.5) is 0 Å². The highest BCUT2D eigenvalue weighted by Crippen LogP contribution is 2.25. The average molecular weight is 191 g/mol. The van der Waals surface area contributed by atoms with Gasteiger partial charge in [0.2, 0.25) is 0 Å². The van der Waals surface area contributed by atoms with Gasteiger partial charge in [0.05, 0.1) is 0 Å². The maximum absolute atomic E-state index is 4.41. The molecular weight excluding hydrogens is 174 g/mol. The average Bonchev–Trinajstić information content (AvgIpc) is 2.30. The molecule has 1 aromatic heterocycles.